The lowest BCUT2D eigenvalue weighted by Gasteiger charge is -2.36. The first-order valence-electron chi connectivity index (χ1n) is 6.06. The summed E-state index contributed by atoms with van der Waals surface area (Å²) in [5.41, 5.74) is 1.41. The van der Waals surface area contributed by atoms with Crippen molar-refractivity contribution in [3.8, 4) is 0 Å². The zero-order valence-corrected chi connectivity index (χ0v) is 12.1. The molecule has 19 heavy (non-hydrogen) atoms. The van der Waals surface area contributed by atoms with Gasteiger partial charge in [0.2, 0.25) is 11.8 Å². The third-order valence-corrected chi connectivity index (χ3v) is 3.66. The molecule has 1 aliphatic heterocycles. The van der Waals surface area contributed by atoms with Crippen LogP contribution in [0.4, 0.5) is 5.69 Å². The molecule has 0 radical (unpaired) electrons. The van der Waals surface area contributed by atoms with Gasteiger partial charge in [0.1, 0.15) is 6.04 Å². The van der Waals surface area contributed by atoms with Gasteiger partial charge in [-0.1, -0.05) is 28.9 Å². The summed E-state index contributed by atoms with van der Waals surface area (Å²) in [4.78, 5) is 25.2. The number of carbonyl (C=O) groups excluding carboxylic acids is 2. The monoisotopic (exact) mass is 326 g/mol. The zero-order chi connectivity index (χ0) is 14.0. The fraction of sp³-hybridized carbons (Fsp3) is 0.385. The van der Waals surface area contributed by atoms with E-state index in [-0.39, 0.29) is 25.0 Å². The molecular formula is C13H15BrN2O3. The van der Waals surface area contributed by atoms with E-state index >= 15 is 0 Å². The molecule has 1 heterocycles. The van der Waals surface area contributed by atoms with E-state index < -0.39 is 6.04 Å². The van der Waals surface area contributed by atoms with Crippen molar-refractivity contribution in [2.75, 3.05) is 11.4 Å². The van der Waals surface area contributed by atoms with Gasteiger partial charge in [-0.25, -0.2) is 0 Å². The Kier molecular flexibility index (Phi) is 4.21. The number of nitrogens with zero attached hydrogens (tertiary/aromatic N) is 1. The van der Waals surface area contributed by atoms with Gasteiger partial charge < -0.3 is 10.0 Å². The average Bonchev–Trinajstić information content (AvgIpc) is 2.37. The van der Waals surface area contributed by atoms with Gasteiger partial charge in [-0.2, -0.15) is 0 Å². The van der Waals surface area contributed by atoms with Gasteiger partial charge in [-0.3, -0.25) is 14.9 Å². The first-order chi connectivity index (χ1) is 9.06. The molecule has 1 unspecified atom stereocenters. The Bertz CT molecular complexity index is 519. The van der Waals surface area contributed by atoms with E-state index in [0.29, 0.717) is 17.7 Å². The van der Waals surface area contributed by atoms with Crippen molar-refractivity contribution in [1.29, 1.82) is 0 Å². The van der Waals surface area contributed by atoms with Crippen molar-refractivity contribution in [1.82, 2.24) is 5.32 Å². The van der Waals surface area contributed by atoms with Gasteiger partial charge in [0.15, 0.2) is 0 Å². The van der Waals surface area contributed by atoms with E-state index in [1.807, 2.05) is 19.1 Å². The molecule has 6 heteroatoms. The van der Waals surface area contributed by atoms with Crippen LogP contribution < -0.4 is 10.2 Å². The molecule has 5 nitrogen and oxygen atoms in total. The van der Waals surface area contributed by atoms with Crippen LogP contribution in [0.3, 0.4) is 0 Å². The second-order valence-corrected chi connectivity index (χ2v) is 5.31. The maximum Gasteiger partial charge on any atom is 0.249 e. The molecule has 0 saturated carbocycles. The molecule has 2 amide bonds. The fourth-order valence-electron chi connectivity index (χ4n) is 2.26. The number of imide groups is 1. The highest BCUT2D eigenvalue weighted by Gasteiger charge is 2.33. The third-order valence-electron chi connectivity index (χ3n) is 3.17. The number of aliphatic hydroxyl groups excluding tert-OH is 1. The van der Waals surface area contributed by atoms with Gasteiger partial charge in [0.25, 0.3) is 0 Å². The Labute approximate surface area is 119 Å². The standard InChI is InChI=1S/C13H15BrN2O3/c1-2-10-13(19)15-12(18)6-16(10)11-5-9(14)4-3-8(11)7-17/h3-5,10,17H,2,6-7H2,1H3,(H,15,18,19). The SMILES string of the molecule is CCC1C(=O)NC(=O)CN1c1cc(Br)ccc1CO. The molecule has 0 bridgehead atoms. The minimum Gasteiger partial charge on any atom is -0.392 e. The first-order valence-corrected chi connectivity index (χ1v) is 6.85. The lowest BCUT2D eigenvalue weighted by atomic mass is 10.1. The number of benzene rings is 1. The van der Waals surface area contributed by atoms with Crippen molar-refractivity contribution in [3.63, 3.8) is 0 Å². The van der Waals surface area contributed by atoms with Crippen LogP contribution in [0.2, 0.25) is 0 Å². The van der Waals surface area contributed by atoms with E-state index in [2.05, 4.69) is 21.2 Å². The van der Waals surface area contributed by atoms with Crippen LogP contribution in [0.15, 0.2) is 22.7 Å². The molecule has 1 fully saturated rings. The second kappa shape index (κ2) is 5.71. The molecule has 1 aromatic carbocycles. The Morgan fingerprint density at radius 2 is 2.21 bits per heavy atom. The first kappa shape index (κ1) is 14.0. The minimum atomic E-state index is -0.391. The highest BCUT2D eigenvalue weighted by Crippen LogP contribution is 2.28. The van der Waals surface area contributed by atoms with Crippen molar-refractivity contribution in [2.45, 2.75) is 26.0 Å². The van der Waals surface area contributed by atoms with Crippen molar-refractivity contribution in [2.24, 2.45) is 0 Å². The van der Waals surface area contributed by atoms with Crippen LogP contribution in [-0.2, 0) is 16.2 Å². The maximum atomic E-state index is 11.9. The molecule has 0 aliphatic carbocycles. The minimum absolute atomic E-state index is 0.119. The van der Waals surface area contributed by atoms with Crippen LogP contribution in [-0.4, -0.2) is 29.5 Å². The van der Waals surface area contributed by atoms with Crippen molar-refractivity contribution < 1.29 is 14.7 Å². The summed E-state index contributed by atoms with van der Waals surface area (Å²) in [6.07, 6.45) is 0.594. The van der Waals surface area contributed by atoms with Gasteiger partial charge in [-0.05, 0) is 18.6 Å². The van der Waals surface area contributed by atoms with Gasteiger partial charge in [-0.15, -0.1) is 0 Å². The summed E-state index contributed by atoms with van der Waals surface area (Å²) in [5, 5.41) is 11.7. The van der Waals surface area contributed by atoms with E-state index in [9.17, 15) is 14.7 Å². The van der Waals surface area contributed by atoms with Crippen LogP contribution in [0.25, 0.3) is 0 Å². The zero-order valence-electron chi connectivity index (χ0n) is 10.5. The fourth-order valence-corrected chi connectivity index (χ4v) is 2.61. The predicted octanol–water partition coefficient (Wildman–Crippen LogP) is 1.18. The number of rotatable bonds is 3. The lowest BCUT2D eigenvalue weighted by molar-refractivity contribution is -0.132. The molecule has 1 atom stereocenters. The highest BCUT2D eigenvalue weighted by atomic mass is 79.9. The summed E-state index contributed by atoms with van der Waals surface area (Å²) in [7, 11) is 0. The summed E-state index contributed by atoms with van der Waals surface area (Å²) in [6.45, 7) is 1.88. The maximum absolute atomic E-state index is 11.9. The summed E-state index contributed by atoms with van der Waals surface area (Å²) in [5.74, 6) is -0.610. The summed E-state index contributed by atoms with van der Waals surface area (Å²) >= 11 is 3.37. The number of nitrogens with one attached hydrogen (secondary N) is 1. The molecule has 0 aromatic heterocycles. The van der Waals surface area contributed by atoms with Gasteiger partial charge in [0, 0.05) is 15.7 Å². The Balaban J connectivity index is 2.45. The molecule has 1 saturated heterocycles. The normalized spacial score (nSPS) is 19.5. The Morgan fingerprint density at radius 1 is 1.47 bits per heavy atom. The molecule has 0 spiro atoms. The molecule has 2 rings (SSSR count). The number of anilines is 1. The largest absolute Gasteiger partial charge is 0.392 e. The van der Waals surface area contributed by atoms with Crippen molar-refractivity contribution in [3.05, 3.63) is 28.2 Å². The Hall–Kier alpha value is -1.40. The van der Waals surface area contributed by atoms with Crippen LogP contribution >= 0.6 is 15.9 Å². The smallest absolute Gasteiger partial charge is 0.249 e. The number of piperazine rings is 1. The topological polar surface area (TPSA) is 69.6 Å². The third kappa shape index (κ3) is 2.79. The predicted molar refractivity (Wildman–Crippen MR) is 74.6 cm³/mol. The molecule has 102 valence electrons. The van der Waals surface area contributed by atoms with Crippen LogP contribution in [0.5, 0.6) is 0 Å². The number of amides is 2. The van der Waals surface area contributed by atoms with Crippen molar-refractivity contribution >= 4 is 33.4 Å². The van der Waals surface area contributed by atoms with Gasteiger partial charge >= 0.3 is 0 Å². The quantitative estimate of drug-likeness (QED) is 0.818. The number of carbonyl (C=O) groups is 2. The second-order valence-electron chi connectivity index (χ2n) is 4.40. The number of hydrogen-bond acceptors (Lipinski definition) is 4. The highest BCUT2D eigenvalue weighted by molar-refractivity contribution is 9.10. The van der Waals surface area contributed by atoms with Gasteiger partial charge in [0.05, 0.1) is 13.2 Å². The lowest BCUT2D eigenvalue weighted by Crippen LogP contribution is -2.58. The number of halogens is 1. The summed E-state index contributed by atoms with van der Waals surface area (Å²) in [6, 6.07) is 5.03. The van der Waals surface area contributed by atoms with E-state index in [1.165, 1.54) is 0 Å². The molecule has 1 aromatic rings. The van der Waals surface area contributed by atoms with E-state index in [0.717, 1.165) is 4.47 Å². The van der Waals surface area contributed by atoms with E-state index in [1.54, 1.807) is 11.0 Å². The average molecular weight is 327 g/mol. The molecular weight excluding hydrogens is 312 g/mol. The molecule has 2 N–H and O–H groups in total. The Morgan fingerprint density at radius 3 is 2.84 bits per heavy atom. The number of aliphatic hydroxyl groups is 1. The summed E-state index contributed by atoms with van der Waals surface area (Å²) < 4.78 is 0.841. The number of hydrogen-bond donors (Lipinski definition) is 2. The van der Waals surface area contributed by atoms with E-state index in [4.69, 9.17) is 0 Å². The van der Waals surface area contributed by atoms with Crippen LogP contribution in [0.1, 0.15) is 18.9 Å². The van der Waals surface area contributed by atoms with Crippen LogP contribution in [0, 0.1) is 0 Å². The molecule has 1 aliphatic rings.